The summed E-state index contributed by atoms with van der Waals surface area (Å²) in [6, 6.07) is 1.83. The molecule has 6 nitrogen and oxygen atoms in total. The number of rotatable bonds is 4. The van der Waals surface area contributed by atoms with E-state index in [0.717, 1.165) is 53.9 Å². The van der Waals surface area contributed by atoms with Gasteiger partial charge in [-0.2, -0.15) is 0 Å². The van der Waals surface area contributed by atoms with Crippen molar-refractivity contribution < 1.29 is 0 Å². The lowest BCUT2D eigenvalue weighted by atomic mass is 9.80. The third kappa shape index (κ3) is 3.99. The normalized spacial score (nSPS) is 16.9. The van der Waals surface area contributed by atoms with E-state index in [9.17, 15) is 0 Å². The number of halogens is 1. The second-order valence-corrected chi connectivity index (χ2v) is 8.14. The molecular weight excluding hydrogens is 356 g/mol. The van der Waals surface area contributed by atoms with Gasteiger partial charge in [0.1, 0.15) is 16.7 Å². The quantitative estimate of drug-likeness (QED) is 0.843. The van der Waals surface area contributed by atoms with E-state index in [1.54, 1.807) is 6.20 Å². The average molecular weight is 379 g/mol. The first-order valence-corrected chi connectivity index (χ1v) is 9.48. The SMILES string of the molecule is Cc1nc(N2CCC(C)(CN)CC2)cnc1Sc1ccnc(N)c1Cl. The Hall–Kier alpha value is -1.57. The number of aryl methyl sites for hydroxylation is 1. The van der Waals surface area contributed by atoms with Gasteiger partial charge in [0.25, 0.3) is 0 Å². The summed E-state index contributed by atoms with van der Waals surface area (Å²) in [5.74, 6) is 1.24. The van der Waals surface area contributed by atoms with E-state index in [1.807, 2.05) is 19.2 Å². The minimum atomic E-state index is 0.243. The van der Waals surface area contributed by atoms with Crippen LogP contribution >= 0.6 is 23.4 Å². The first-order chi connectivity index (χ1) is 11.9. The lowest BCUT2D eigenvalue weighted by Crippen LogP contribution is -2.42. The molecular formula is C17H23ClN6S. The van der Waals surface area contributed by atoms with Crippen molar-refractivity contribution in [1.82, 2.24) is 15.0 Å². The highest BCUT2D eigenvalue weighted by molar-refractivity contribution is 7.99. The molecule has 0 atom stereocenters. The standard InChI is InChI=1S/C17H23ClN6S/c1-11-16(25-12-3-6-21-15(20)14(12)18)22-9-13(23-11)24-7-4-17(2,10-19)5-8-24/h3,6,9H,4-5,7-8,10,19H2,1-2H3,(H2,20,21). The Morgan fingerprint density at radius 1 is 1.32 bits per heavy atom. The van der Waals surface area contributed by atoms with Crippen LogP contribution in [0.15, 0.2) is 28.4 Å². The molecule has 3 heterocycles. The van der Waals surface area contributed by atoms with Crippen molar-refractivity contribution in [2.24, 2.45) is 11.1 Å². The Labute approximate surface area is 157 Å². The molecule has 1 fully saturated rings. The van der Waals surface area contributed by atoms with Crippen LogP contribution in [-0.4, -0.2) is 34.6 Å². The Balaban J connectivity index is 1.74. The molecule has 0 spiro atoms. The maximum absolute atomic E-state index is 6.21. The fourth-order valence-electron chi connectivity index (χ4n) is 2.81. The number of hydrogen-bond donors (Lipinski definition) is 2. The van der Waals surface area contributed by atoms with Gasteiger partial charge >= 0.3 is 0 Å². The molecule has 8 heteroatoms. The van der Waals surface area contributed by atoms with Crippen LogP contribution in [0, 0.1) is 12.3 Å². The van der Waals surface area contributed by atoms with Gasteiger partial charge in [0, 0.05) is 24.2 Å². The Bertz CT molecular complexity index is 761. The Morgan fingerprint density at radius 2 is 2.04 bits per heavy atom. The average Bonchev–Trinajstić information content (AvgIpc) is 2.61. The number of hydrogen-bond acceptors (Lipinski definition) is 7. The van der Waals surface area contributed by atoms with Crippen molar-refractivity contribution in [3.8, 4) is 0 Å². The zero-order chi connectivity index (χ0) is 18.0. The predicted octanol–water partition coefficient (Wildman–Crippen LogP) is 3.13. The monoisotopic (exact) mass is 378 g/mol. The van der Waals surface area contributed by atoms with Crippen molar-refractivity contribution in [3.05, 3.63) is 29.2 Å². The summed E-state index contributed by atoms with van der Waals surface area (Å²) in [6.07, 6.45) is 5.63. The molecule has 25 heavy (non-hydrogen) atoms. The highest BCUT2D eigenvalue weighted by atomic mass is 35.5. The summed E-state index contributed by atoms with van der Waals surface area (Å²) in [5.41, 5.74) is 12.8. The topological polar surface area (TPSA) is 94.0 Å². The summed E-state index contributed by atoms with van der Waals surface area (Å²) in [4.78, 5) is 16.4. The number of piperidine rings is 1. The van der Waals surface area contributed by atoms with Crippen LogP contribution in [0.3, 0.4) is 0 Å². The zero-order valence-corrected chi connectivity index (χ0v) is 16.1. The summed E-state index contributed by atoms with van der Waals surface area (Å²) in [7, 11) is 0. The molecule has 0 bridgehead atoms. The minimum Gasteiger partial charge on any atom is -0.382 e. The third-order valence-electron chi connectivity index (χ3n) is 4.76. The lowest BCUT2D eigenvalue weighted by Gasteiger charge is -2.39. The van der Waals surface area contributed by atoms with Crippen LogP contribution < -0.4 is 16.4 Å². The van der Waals surface area contributed by atoms with E-state index in [4.69, 9.17) is 28.1 Å². The molecule has 1 aliphatic rings. The third-order valence-corrected chi connectivity index (χ3v) is 6.43. The van der Waals surface area contributed by atoms with Crippen molar-refractivity contribution >= 4 is 35.0 Å². The van der Waals surface area contributed by atoms with Gasteiger partial charge in [-0.3, -0.25) is 0 Å². The smallest absolute Gasteiger partial charge is 0.147 e. The molecule has 0 aliphatic carbocycles. The maximum atomic E-state index is 6.21. The molecule has 0 unspecified atom stereocenters. The first-order valence-electron chi connectivity index (χ1n) is 8.28. The number of nitrogen functional groups attached to an aromatic ring is 1. The molecule has 1 aliphatic heterocycles. The molecule has 4 N–H and O–H groups in total. The van der Waals surface area contributed by atoms with E-state index in [1.165, 1.54) is 11.8 Å². The molecule has 2 aromatic rings. The number of pyridine rings is 1. The van der Waals surface area contributed by atoms with Crippen molar-refractivity contribution in [2.45, 2.75) is 36.6 Å². The van der Waals surface area contributed by atoms with Crippen LogP contribution in [0.4, 0.5) is 11.6 Å². The largest absolute Gasteiger partial charge is 0.382 e. The van der Waals surface area contributed by atoms with E-state index < -0.39 is 0 Å². The number of nitrogens with zero attached hydrogens (tertiary/aromatic N) is 4. The molecule has 0 amide bonds. The molecule has 0 saturated carbocycles. The van der Waals surface area contributed by atoms with Gasteiger partial charge in [0.2, 0.25) is 0 Å². The van der Waals surface area contributed by atoms with E-state index >= 15 is 0 Å². The molecule has 134 valence electrons. The molecule has 1 saturated heterocycles. The maximum Gasteiger partial charge on any atom is 0.147 e. The van der Waals surface area contributed by atoms with Gasteiger partial charge in [0.05, 0.1) is 16.9 Å². The summed E-state index contributed by atoms with van der Waals surface area (Å²) in [5, 5.41) is 1.27. The minimum absolute atomic E-state index is 0.243. The van der Waals surface area contributed by atoms with Crippen LogP contribution in [0.25, 0.3) is 0 Å². The highest BCUT2D eigenvalue weighted by Crippen LogP contribution is 2.36. The second-order valence-electron chi connectivity index (χ2n) is 6.73. The van der Waals surface area contributed by atoms with Crippen molar-refractivity contribution in [2.75, 3.05) is 30.3 Å². The second kappa shape index (κ2) is 7.35. The fraction of sp³-hybridized carbons (Fsp3) is 0.471. The van der Waals surface area contributed by atoms with Crippen LogP contribution in [0.5, 0.6) is 0 Å². The summed E-state index contributed by atoms with van der Waals surface area (Å²) in [6.45, 7) is 6.87. The Kier molecular flexibility index (Phi) is 5.36. The zero-order valence-electron chi connectivity index (χ0n) is 14.5. The van der Waals surface area contributed by atoms with Gasteiger partial charge in [-0.15, -0.1) is 0 Å². The van der Waals surface area contributed by atoms with Crippen LogP contribution in [-0.2, 0) is 0 Å². The Morgan fingerprint density at radius 3 is 2.68 bits per heavy atom. The summed E-state index contributed by atoms with van der Waals surface area (Å²) < 4.78 is 0. The molecule has 3 rings (SSSR count). The number of nitrogens with two attached hydrogens (primary N) is 2. The van der Waals surface area contributed by atoms with Gasteiger partial charge in [-0.05, 0) is 37.8 Å². The van der Waals surface area contributed by atoms with Gasteiger partial charge in [-0.1, -0.05) is 30.3 Å². The summed E-state index contributed by atoms with van der Waals surface area (Å²) >= 11 is 7.67. The van der Waals surface area contributed by atoms with Crippen molar-refractivity contribution in [3.63, 3.8) is 0 Å². The van der Waals surface area contributed by atoms with Gasteiger partial charge in [0.15, 0.2) is 0 Å². The number of anilines is 2. The fourth-order valence-corrected chi connectivity index (χ4v) is 3.87. The highest BCUT2D eigenvalue weighted by Gasteiger charge is 2.29. The van der Waals surface area contributed by atoms with E-state index in [-0.39, 0.29) is 5.41 Å². The van der Waals surface area contributed by atoms with E-state index in [0.29, 0.717) is 10.8 Å². The van der Waals surface area contributed by atoms with E-state index in [2.05, 4.69) is 21.8 Å². The first kappa shape index (κ1) is 18.2. The number of aromatic nitrogens is 3. The van der Waals surface area contributed by atoms with Gasteiger partial charge < -0.3 is 16.4 Å². The van der Waals surface area contributed by atoms with Crippen molar-refractivity contribution in [1.29, 1.82) is 0 Å². The van der Waals surface area contributed by atoms with Crippen LogP contribution in [0.2, 0.25) is 5.02 Å². The van der Waals surface area contributed by atoms with Gasteiger partial charge in [-0.25, -0.2) is 15.0 Å². The molecule has 0 radical (unpaired) electrons. The lowest BCUT2D eigenvalue weighted by molar-refractivity contribution is 0.258. The van der Waals surface area contributed by atoms with Crippen LogP contribution in [0.1, 0.15) is 25.5 Å². The predicted molar refractivity (Wildman–Crippen MR) is 103 cm³/mol. The molecule has 2 aromatic heterocycles. The molecule has 0 aromatic carbocycles.